The monoisotopic (exact) mass is 261 g/mol. The fraction of sp³-hybridized carbons (Fsp3) is 0.308. The van der Waals surface area contributed by atoms with Crippen molar-refractivity contribution in [2.24, 2.45) is 5.73 Å². The highest BCUT2D eigenvalue weighted by Crippen LogP contribution is 2.28. The van der Waals surface area contributed by atoms with Crippen LogP contribution in [0.1, 0.15) is 40.5 Å². The van der Waals surface area contributed by atoms with Crippen LogP contribution < -0.4 is 11.5 Å². The minimum atomic E-state index is -0.853. The number of fused-ring (bicyclic) bond motifs is 1. The Morgan fingerprint density at radius 1 is 1.32 bits per heavy atom. The van der Waals surface area contributed by atoms with Crippen molar-refractivity contribution in [3.63, 3.8) is 0 Å². The molecule has 0 spiro atoms. The Bertz CT molecular complexity index is 568. The fourth-order valence-electron chi connectivity index (χ4n) is 2.11. The number of rotatable bonds is 3. The Kier molecular flexibility index (Phi) is 3.35. The molecule has 2 rings (SSSR count). The van der Waals surface area contributed by atoms with Crippen molar-refractivity contribution in [3.8, 4) is 0 Å². The summed E-state index contributed by atoms with van der Waals surface area (Å²) in [6.07, 6.45) is 1.11. The van der Waals surface area contributed by atoms with E-state index >= 15 is 0 Å². The second-order valence-corrected chi connectivity index (χ2v) is 4.45. The molecular formula is C13H15N3O3. The maximum absolute atomic E-state index is 12.1. The van der Waals surface area contributed by atoms with E-state index in [0.717, 1.165) is 0 Å². The number of carbonyl (C=O) groups is 3. The number of amides is 3. The van der Waals surface area contributed by atoms with Gasteiger partial charge in [-0.1, -0.05) is 19.4 Å². The van der Waals surface area contributed by atoms with Gasteiger partial charge >= 0.3 is 0 Å². The number of benzene rings is 1. The number of anilines is 1. The van der Waals surface area contributed by atoms with Gasteiger partial charge in [0, 0.05) is 5.69 Å². The first-order chi connectivity index (χ1) is 8.99. The normalized spacial score (nSPS) is 15.6. The SMILES string of the molecule is CCCC(N)C(=O)N1C(=O)c2cccc(N)c2C1=O. The van der Waals surface area contributed by atoms with Gasteiger partial charge in [-0.15, -0.1) is 0 Å². The zero-order valence-electron chi connectivity index (χ0n) is 10.6. The van der Waals surface area contributed by atoms with Gasteiger partial charge < -0.3 is 11.5 Å². The highest BCUT2D eigenvalue weighted by atomic mass is 16.2. The molecule has 0 saturated heterocycles. The second-order valence-electron chi connectivity index (χ2n) is 4.45. The van der Waals surface area contributed by atoms with Gasteiger partial charge in [-0.3, -0.25) is 14.4 Å². The van der Waals surface area contributed by atoms with Gasteiger partial charge in [0.1, 0.15) is 0 Å². The van der Waals surface area contributed by atoms with Gasteiger partial charge in [-0.25, -0.2) is 4.90 Å². The van der Waals surface area contributed by atoms with E-state index in [0.29, 0.717) is 17.7 Å². The van der Waals surface area contributed by atoms with Crippen molar-refractivity contribution in [1.82, 2.24) is 4.90 Å². The van der Waals surface area contributed by atoms with Crippen molar-refractivity contribution in [2.45, 2.75) is 25.8 Å². The molecule has 1 heterocycles. The lowest BCUT2D eigenvalue weighted by atomic mass is 10.1. The molecule has 6 nitrogen and oxygen atoms in total. The molecule has 0 aromatic heterocycles. The average Bonchev–Trinajstić information content (AvgIpc) is 2.62. The number of nitrogens with zero attached hydrogens (tertiary/aromatic N) is 1. The predicted molar refractivity (Wildman–Crippen MR) is 69.2 cm³/mol. The number of nitrogens with two attached hydrogens (primary N) is 2. The van der Waals surface area contributed by atoms with Crippen LogP contribution in [0.15, 0.2) is 18.2 Å². The summed E-state index contributed by atoms with van der Waals surface area (Å²) in [7, 11) is 0. The Balaban J connectivity index is 2.38. The van der Waals surface area contributed by atoms with Crippen LogP contribution in [0.5, 0.6) is 0 Å². The first-order valence-corrected chi connectivity index (χ1v) is 6.05. The molecule has 0 radical (unpaired) electrons. The lowest BCUT2D eigenvalue weighted by Crippen LogP contribution is -2.46. The summed E-state index contributed by atoms with van der Waals surface area (Å²) in [5.74, 6) is -2.01. The third-order valence-electron chi connectivity index (χ3n) is 3.08. The van der Waals surface area contributed by atoms with Crippen LogP contribution in [0, 0.1) is 0 Å². The Labute approximate surface area is 110 Å². The van der Waals surface area contributed by atoms with E-state index in [9.17, 15) is 14.4 Å². The number of carbonyl (C=O) groups excluding carboxylic acids is 3. The zero-order chi connectivity index (χ0) is 14.2. The maximum Gasteiger partial charge on any atom is 0.270 e. The summed E-state index contributed by atoms with van der Waals surface area (Å²) in [5, 5.41) is 0. The van der Waals surface area contributed by atoms with E-state index < -0.39 is 23.8 Å². The highest BCUT2D eigenvalue weighted by Gasteiger charge is 2.42. The summed E-state index contributed by atoms with van der Waals surface area (Å²) in [6, 6.07) is 3.71. The quantitative estimate of drug-likeness (QED) is 0.609. The Morgan fingerprint density at radius 3 is 2.58 bits per heavy atom. The van der Waals surface area contributed by atoms with E-state index in [4.69, 9.17) is 11.5 Å². The molecule has 0 aliphatic carbocycles. The molecule has 1 aliphatic heterocycles. The van der Waals surface area contributed by atoms with Gasteiger partial charge in [0.15, 0.2) is 0 Å². The van der Waals surface area contributed by atoms with Crippen LogP contribution in [0.2, 0.25) is 0 Å². The first kappa shape index (κ1) is 13.2. The van der Waals surface area contributed by atoms with Gasteiger partial charge in [0.05, 0.1) is 17.2 Å². The van der Waals surface area contributed by atoms with E-state index in [1.54, 1.807) is 6.07 Å². The molecule has 1 unspecified atom stereocenters. The molecule has 3 amide bonds. The van der Waals surface area contributed by atoms with Crippen molar-refractivity contribution >= 4 is 23.4 Å². The number of imide groups is 3. The average molecular weight is 261 g/mol. The fourth-order valence-corrected chi connectivity index (χ4v) is 2.11. The van der Waals surface area contributed by atoms with Crippen molar-refractivity contribution in [1.29, 1.82) is 0 Å². The van der Waals surface area contributed by atoms with E-state index in [1.165, 1.54) is 12.1 Å². The molecule has 4 N–H and O–H groups in total. The van der Waals surface area contributed by atoms with Crippen LogP contribution in [0.25, 0.3) is 0 Å². The largest absolute Gasteiger partial charge is 0.398 e. The molecule has 1 aromatic rings. The Hall–Kier alpha value is -2.21. The molecule has 100 valence electrons. The summed E-state index contributed by atoms with van der Waals surface area (Å²) in [6.45, 7) is 1.87. The third kappa shape index (κ3) is 2.00. The van der Waals surface area contributed by atoms with Gasteiger partial charge in [-0.05, 0) is 18.6 Å². The van der Waals surface area contributed by atoms with E-state index in [1.807, 2.05) is 6.92 Å². The summed E-state index contributed by atoms with van der Waals surface area (Å²) in [4.78, 5) is 36.9. The molecule has 19 heavy (non-hydrogen) atoms. The molecule has 0 saturated carbocycles. The topological polar surface area (TPSA) is 106 Å². The molecule has 6 heteroatoms. The molecule has 0 bridgehead atoms. The number of hydrogen-bond donors (Lipinski definition) is 2. The van der Waals surface area contributed by atoms with Crippen LogP contribution >= 0.6 is 0 Å². The maximum atomic E-state index is 12.1. The van der Waals surface area contributed by atoms with Crippen molar-refractivity contribution < 1.29 is 14.4 Å². The molecule has 1 aromatic carbocycles. The minimum absolute atomic E-state index is 0.0875. The van der Waals surface area contributed by atoms with Crippen LogP contribution in [-0.2, 0) is 4.79 Å². The minimum Gasteiger partial charge on any atom is -0.398 e. The second kappa shape index (κ2) is 4.81. The van der Waals surface area contributed by atoms with Crippen molar-refractivity contribution in [3.05, 3.63) is 29.3 Å². The zero-order valence-corrected chi connectivity index (χ0v) is 10.6. The first-order valence-electron chi connectivity index (χ1n) is 6.05. The van der Waals surface area contributed by atoms with Crippen molar-refractivity contribution in [2.75, 3.05) is 5.73 Å². The van der Waals surface area contributed by atoms with Gasteiger partial charge in [0.2, 0.25) is 0 Å². The smallest absolute Gasteiger partial charge is 0.270 e. The van der Waals surface area contributed by atoms with Gasteiger partial charge in [-0.2, -0.15) is 0 Å². The lowest BCUT2D eigenvalue weighted by Gasteiger charge is -2.16. The molecular weight excluding hydrogens is 246 g/mol. The summed E-state index contributed by atoms with van der Waals surface area (Å²) >= 11 is 0. The number of hydrogen-bond acceptors (Lipinski definition) is 5. The Morgan fingerprint density at radius 2 is 2.00 bits per heavy atom. The molecule has 1 aliphatic rings. The van der Waals surface area contributed by atoms with E-state index in [-0.39, 0.29) is 16.8 Å². The molecule has 1 atom stereocenters. The van der Waals surface area contributed by atoms with Crippen LogP contribution in [0.4, 0.5) is 5.69 Å². The number of nitrogen functional groups attached to an aromatic ring is 1. The standard InChI is InChI=1S/C13H15N3O3/c1-2-4-9(15)12(18)16-11(17)7-5-3-6-8(14)10(7)13(16)19/h3,5-6,9H,2,4,14-15H2,1H3. The van der Waals surface area contributed by atoms with Crippen LogP contribution in [-0.4, -0.2) is 28.7 Å². The summed E-state index contributed by atoms with van der Waals surface area (Å²) < 4.78 is 0. The third-order valence-corrected chi connectivity index (χ3v) is 3.08. The lowest BCUT2D eigenvalue weighted by molar-refractivity contribution is -0.127. The summed E-state index contributed by atoms with van der Waals surface area (Å²) in [5.41, 5.74) is 11.8. The van der Waals surface area contributed by atoms with E-state index in [2.05, 4.69) is 0 Å². The molecule has 0 fully saturated rings. The highest BCUT2D eigenvalue weighted by molar-refractivity contribution is 6.31. The predicted octanol–water partition coefficient (Wildman–Crippen LogP) is 0.519. The van der Waals surface area contributed by atoms with Gasteiger partial charge in [0.25, 0.3) is 17.7 Å². The van der Waals surface area contributed by atoms with Crippen LogP contribution in [0.3, 0.4) is 0 Å².